The van der Waals surface area contributed by atoms with Gasteiger partial charge in [0.05, 0.1) is 11.4 Å². The SMILES string of the molecule is C[C@H](CO)[C@H](C)NC(=O)Nc1ccccc1SCC(F)(F)F. The number of para-hydroxylation sites is 1. The molecule has 8 heteroatoms. The van der Waals surface area contributed by atoms with E-state index in [2.05, 4.69) is 10.6 Å². The lowest BCUT2D eigenvalue weighted by molar-refractivity contribution is -0.105. The Hall–Kier alpha value is -1.41. The predicted octanol–water partition coefficient (Wildman–Crippen LogP) is 3.48. The van der Waals surface area contributed by atoms with Gasteiger partial charge in [-0.05, 0) is 25.0 Å². The number of carbonyl (C=O) groups excluding carboxylic acids is 1. The molecule has 124 valence electrons. The van der Waals surface area contributed by atoms with E-state index in [9.17, 15) is 18.0 Å². The number of aliphatic hydroxyl groups is 1. The van der Waals surface area contributed by atoms with Crippen LogP contribution in [0.4, 0.5) is 23.7 Å². The summed E-state index contributed by atoms with van der Waals surface area (Å²) in [5, 5.41) is 14.2. The van der Waals surface area contributed by atoms with E-state index in [1.54, 1.807) is 32.0 Å². The number of carbonyl (C=O) groups is 1. The summed E-state index contributed by atoms with van der Waals surface area (Å²) in [5.41, 5.74) is 0.318. The molecule has 0 heterocycles. The number of halogens is 3. The lowest BCUT2D eigenvalue weighted by Gasteiger charge is -2.20. The third-order valence-corrected chi connectivity index (χ3v) is 4.17. The molecule has 0 unspecified atom stereocenters. The number of hydrogen-bond donors (Lipinski definition) is 3. The Morgan fingerprint density at radius 1 is 1.32 bits per heavy atom. The van der Waals surface area contributed by atoms with Gasteiger partial charge < -0.3 is 15.7 Å². The van der Waals surface area contributed by atoms with Gasteiger partial charge in [-0.3, -0.25) is 0 Å². The Kier molecular flexibility index (Phi) is 7.02. The summed E-state index contributed by atoms with van der Waals surface area (Å²) in [5.74, 6) is -1.15. The fourth-order valence-electron chi connectivity index (χ4n) is 1.52. The summed E-state index contributed by atoms with van der Waals surface area (Å²) in [6.45, 7) is 3.45. The number of aliphatic hydroxyl groups excluding tert-OH is 1. The van der Waals surface area contributed by atoms with E-state index in [0.29, 0.717) is 22.3 Å². The Morgan fingerprint density at radius 2 is 1.95 bits per heavy atom. The minimum Gasteiger partial charge on any atom is -0.396 e. The van der Waals surface area contributed by atoms with Crippen LogP contribution in [0, 0.1) is 5.92 Å². The molecule has 0 fully saturated rings. The van der Waals surface area contributed by atoms with Gasteiger partial charge in [-0.2, -0.15) is 13.2 Å². The first-order valence-electron chi connectivity index (χ1n) is 6.70. The smallest absolute Gasteiger partial charge is 0.396 e. The number of amides is 2. The fraction of sp³-hybridized carbons (Fsp3) is 0.500. The number of anilines is 1. The molecule has 0 spiro atoms. The Labute approximate surface area is 131 Å². The van der Waals surface area contributed by atoms with Crippen molar-refractivity contribution < 1.29 is 23.1 Å². The van der Waals surface area contributed by atoms with Crippen LogP contribution in [0.1, 0.15) is 13.8 Å². The van der Waals surface area contributed by atoms with Crippen molar-refractivity contribution in [2.24, 2.45) is 5.92 Å². The second-order valence-electron chi connectivity index (χ2n) is 4.95. The lowest BCUT2D eigenvalue weighted by Crippen LogP contribution is -2.40. The Bertz CT molecular complexity index is 497. The molecule has 22 heavy (non-hydrogen) atoms. The third kappa shape index (κ3) is 6.57. The average Bonchev–Trinajstić information content (AvgIpc) is 2.44. The maximum Gasteiger partial charge on any atom is 0.398 e. The Morgan fingerprint density at radius 3 is 2.55 bits per heavy atom. The molecule has 0 aromatic heterocycles. The van der Waals surface area contributed by atoms with Crippen LogP contribution in [0.5, 0.6) is 0 Å². The molecule has 0 bridgehead atoms. The third-order valence-electron chi connectivity index (χ3n) is 3.03. The molecule has 0 radical (unpaired) electrons. The predicted molar refractivity (Wildman–Crippen MR) is 81.1 cm³/mol. The molecular weight excluding hydrogens is 317 g/mol. The largest absolute Gasteiger partial charge is 0.398 e. The van der Waals surface area contributed by atoms with Crippen molar-refractivity contribution in [2.75, 3.05) is 17.7 Å². The highest BCUT2D eigenvalue weighted by molar-refractivity contribution is 7.99. The molecule has 1 rings (SSSR count). The maximum atomic E-state index is 12.3. The normalized spacial score (nSPS) is 14.3. The van der Waals surface area contributed by atoms with Gasteiger partial charge >= 0.3 is 12.2 Å². The molecule has 1 aromatic carbocycles. The number of benzene rings is 1. The average molecular weight is 336 g/mol. The summed E-state index contributed by atoms with van der Waals surface area (Å²) in [7, 11) is 0. The number of thioether (sulfide) groups is 1. The number of urea groups is 1. The minimum absolute atomic E-state index is 0.0700. The second-order valence-corrected chi connectivity index (χ2v) is 5.96. The minimum atomic E-state index is -4.27. The highest BCUT2D eigenvalue weighted by atomic mass is 32.2. The number of alkyl halides is 3. The van der Waals surface area contributed by atoms with Crippen LogP contribution in [0.25, 0.3) is 0 Å². The zero-order valence-electron chi connectivity index (χ0n) is 12.3. The van der Waals surface area contributed by atoms with Crippen LogP contribution >= 0.6 is 11.8 Å². The van der Waals surface area contributed by atoms with Crippen molar-refractivity contribution in [1.82, 2.24) is 5.32 Å². The van der Waals surface area contributed by atoms with Crippen LogP contribution < -0.4 is 10.6 Å². The summed E-state index contributed by atoms with van der Waals surface area (Å²) in [4.78, 5) is 12.2. The van der Waals surface area contributed by atoms with Crippen LogP contribution in [-0.4, -0.2) is 35.7 Å². The highest BCUT2D eigenvalue weighted by Crippen LogP contribution is 2.32. The first-order chi connectivity index (χ1) is 10.2. The standard InChI is InChI=1S/C14H19F3N2O2S/c1-9(7-20)10(2)18-13(21)19-11-5-3-4-6-12(11)22-8-14(15,16)17/h3-6,9-10,20H,7-8H2,1-2H3,(H2,18,19,21)/t9-,10+/m1/s1. The topological polar surface area (TPSA) is 61.4 Å². The maximum absolute atomic E-state index is 12.3. The number of nitrogens with one attached hydrogen (secondary N) is 2. The van der Waals surface area contributed by atoms with Crippen LogP contribution in [-0.2, 0) is 0 Å². The van der Waals surface area contributed by atoms with Gasteiger partial charge in [0, 0.05) is 17.5 Å². The van der Waals surface area contributed by atoms with Gasteiger partial charge in [-0.1, -0.05) is 19.1 Å². The monoisotopic (exact) mass is 336 g/mol. The first kappa shape index (κ1) is 18.6. The number of rotatable bonds is 6. The van der Waals surface area contributed by atoms with Crippen molar-refractivity contribution in [3.8, 4) is 0 Å². The van der Waals surface area contributed by atoms with E-state index in [-0.39, 0.29) is 18.6 Å². The first-order valence-corrected chi connectivity index (χ1v) is 7.68. The zero-order valence-corrected chi connectivity index (χ0v) is 13.1. The van der Waals surface area contributed by atoms with Gasteiger partial charge in [0.1, 0.15) is 0 Å². The molecular formula is C14H19F3N2O2S. The summed E-state index contributed by atoms with van der Waals surface area (Å²) in [6.07, 6.45) is -4.27. The van der Waals surface area contributed by atoms with Gasteiger partial charge in [-0.25, -0.2) is 4.79 Å². The van der Waals surface area contributed by atoms with E-state index >= 15 is 0 Å². The molecule has 2 amide bonds. The highest BCUT2D eigenvalue weighted by Gasteiger charge is 2.27. The quantitative estimate of drug-likeness (QED) is 0.697. The number of hydrogen-bond acceptors (Lipinski definition) is 3. The Balaban J connectivity index is 2.67. The summed E-state index contributed by atoms with van der Waals surface area (Å²) >= 11 is 0.618. The van der Waals surface area contributed by atoms with E-state index < -0.39 is 18.0 Å². The van der Waals surface area contributed by atoms with Crippen molar-refractivity contribution in [3.05, 3.63) is 24.3 Å². The summed E-state index contributed by atoms with van der Waals surface area (Å²) in [6, 6.07) is 5.52. The molecule has 1 aromatic rings. The van der Waals surface area contributed by atoms with E-state index in [1.165, 1.54) is 6.07 Å². The van der Waals surface area contributed by atoms with Crippen LogP contribution in [0.15, 0.2) is 29.2 Å². The van der Waals surface area contributed by atoms with Crippen molar-refractivity contribution in [3.63, 3.8) is 0 Å². The molecule has 3 N–H and O–H groups in total. The summed E-state index contributed by atoms with van der Waals surface area (Å²) < 4.78 is 36.9. The van der Waals surface area contributed by atoms with Gasteiger partial charge in [0.15, 0.2) is 0 Å². The van der Waals surface area contributed by atoms with Crippen LogP contribution in [0.3, 0.4) is 0 Å². The molecule has 0 aliphatic rings. The lowest BCUT2D eigenvalue weighted by atomic mass is 10.1. The van der Waals surface area contributed by atoms with Crippen molar-refractivity contribution in [2.45, 2.75) is 31.0 Å². The van der Waals surface area contributed by atoms with Gasteiger partial charge in [0.25, 0.3) is 0 Å². The van der Waals surface area contributed by atoms with Crippen LogP contribution in [0.2, 0.25) is 0 Å². The van der Waals surface area contributed by atoms with Gasteiger partial charge in [-0.15, -0.1) is 11.8 Å². The molecule has 0 aliphatic heterocycles. The zero-order chi connectivity index (χ0) is 16.8. The second kappa shape index (κ2) is 8.28. The van der Waals surface area contributed by atoms with Crippen molar-refractivity contribution in [1.29, 1.82) is 0 Å². The molecule has 0 saturated heterocycles. The molecule has 2 atom stereocenters. The van der Waals surface area contributed by atoms with E-state index in [4.69, 9.17) is 5.11 Å². The van der Waals surface area contributed by atoms with Gasteiger partial charge in [0.2, 0.25) is 0 Å². The van der Waals surface area contributed by atoms with E-state index in [0.717, 1.165) is 0 Å². The molecule has 0 aliphatic carbocycles. The fourth-order valence-corrected chi connectivity index (χ4v) is 2.29. The molecule has 4 nitrogen and oxygen atoms in total. The van der Waals surface area contributed by atoms with E-state index in [1.807, 2.05) is 0 Å². The van der Waals surface area contributed by atoms with Crippen molar-refractivity contribution >= 4 is 23.5 Å². The molecule has 0 saturated carbocycles.